The SMILES string of the molecule is CNC(CC(F)(F)F)C(C)(C)C. The Morgan fingerprint density at radius 1 is 1.17 bits per heavy atom. The van der Waals surface area contributed by atoms with Gasteiger partial charge in [-0.05, 0) is 12.5 Å². The Hall–Kier alpha value is -0.250. The van der Waals surface area contributed by atoms with Gasteiger partial charge in [0.2, 0.25) is 0 Å². The van der Waals surface area contributed by atoms with Crippen LogP contribution in [0.4, 0.5) is 13.2 Å². The summed E-state index contributed by atoms with van der Waals surface area (Å²) in [5.74, 6) is 0. The molecule has 12 heavy (non-hydrogen) atoms. The molecule has 0 aromatic carbocycles. The number of hydrogen-bond donors (Lipinski definition) is 1. The standard InChI is InChI=1S/C8H16F3N/c1-7(2,3)6(12-4)5-8(9,10)11/h6,12H,5H2,1-4H3. The highest BCUT2D eigenvalue weighted by Gasteiger charge is 2.36. The molecule has 0 fully saturated rings. The fourth-order valence-corrected chi connectivity index (χ4v) is 1.07. The van der Waals surface area contributed by atoms with Crippen molar-refractivity contribution in [2.75, 3.05) is 7.05 Å². The highest BCUT2D eigenvalue weighted by atomic mass is 19.4. The predicted octanol–water partition coefficient (Wildman–Crippen LogP) is 2.57. The first-order valence-electron chi connectivity index (χ1n) is 3.91. The van der Waals surface area contributed by atoms with Crippen LogP contribution in [0.3, 0.4) is 0 Å². The Morgan fingerprint density at radius 2 is 1.58 bits per heavy atom. The zero-order valence-electron chi connectivity index (χ0n) is 7.92. The van der Waals surface area contributed by atoms with Crippen LogP contribution in [0.1, 0.15) is 27.2 Å². The summed E-state index contributed by atoms with van der Waals surface area (Å²) in [6.07, 6.45) is -4.85. The topological polar surface area (TPSA) is 12.0 Å². The van der Waals surface area contributed by atoms with E-state index in [1.165, 1.54) is 0 Å². The van der Waals surface area contributed by atoms with E-state index < -0.39 is 18.6 Å². The minimum atomic E-state index is -4.08. The number of alkyl halides is 3. The molecule has 1 unspecified atom stereocenters. The van der Waals surface area contributed by atoms with Crippen LogP contribution < -0.4 is 5.32 Å². The van der Waals surface area contributed by atoms with Gasteiger partial charge in [0.1, 0.15) is 0 Å². The first kappa shape index (κ1) is 11.8. The lowest BCUT2D eigenvalue weighted by Crippen LogP contribution is -2.41. The third-order valence-electron chi connectivity index (χ3n) is 1.83. The monoisotopic (exact) mass is 183 g/mol. The van der Waals surface area contributed by atoms with Gasteiger partial charge in [0.15, 0.2) is 0 Å². The summed E-state index contributed by atoms with van der Waals surface area (Å²) < 4.78 is 35.9. The van der Waals surface area contributed by atoms with E-state index in [1.54, 1.807) is 27.8 Å². The molecule has 0 saturated heterocycles. The molecule has 0 aliphatic rings. The molecule has 1 nitrogen and oxygen atoms in total. The van der Waals surface area contributed by atoms with E-state index >= 15 is 0 Å². The Balaban J connectivity index is 4.20. The number of nitrogens with one attached hydrogen (secondary N) is 1. The van der Waals surface area contributed by atoms with E-state index in [-0.39, 0.29) is 5.41 Å². The maximum Gasteiger partial charge on any atom is 0.390 e. The van der Waals surface area contributed by atoms with Gasteiger partial charge in [0, 0.05) is 6.04 Å². The lowest BCUT2D eigenvalue weighted by molar-refractivity contribution is -0.145. The first-order valence-corrected chi connectivity index (χ1v) is 3.91. The molecule has 0 aromatic rings. The van der Waals surface area contributed by atoms with Crippen LogP contribution in [0.15, 0.2) is 0 Å². The molecule has 0 amide bonds. The average molecular weight is 183 g/mol. The molecule has 0 heterocycles. The van der Waals surface area contributed by atoms with Crippen molar-refractivity contribution >= 4 is 0 Å². The van der Waals surface area contributed by atoms with E-state index in [2.05, 4.69) is 5.32 Å². The molecular formula is C8H16F3N. The summed E-state index contributed by atoms with van der Waals surface area (Å²) in [6, 6.07) is -0.516. The third-order valence-corrected chi connectivity index (χ3v) is 1.83. The van der Waals surface area contributed by atoms with Crippen LogP contribution in [0.2, 0.25) is 0 Å². The quantitative estimate of drug-likeness (QED) is 0.693. The van der Waals surface area contributed by atoms with Gasteiger partial charge >= 0.3 is 6.18 Å². The summed E-state index contributed by atoms with van der Waals surface area (Å²) >= 11 is 0. The highest BCUT2D eigenvalue weighted by molar-refractivity contribution is 4.81. The lowest BCUT2D eigenvalue weighted by Gasteiger charge is -2.30. The van der Waals surface area contributed by atoms with E-state index in [1.807, 2.05) is 0 Å². The van der Waals surface area contributed by atoms with Gasteiger partial charge in [0.05, 0.1) is 6.42 Å². The van der Waals surface area contributed by atoms with E-state index in [0.717, 1.165) is 0 Å². The van der Waals surface area contributed by atoms with Crippen LogP contribution in [0.5, 0.6) is 0 Å². The largest absolute Gasteiger partial charge is 0.390 e. The summed E-state index contributed by atoms with van der Waals surface area (Å²) in [5, 5.41) is 2.68. The van der Waals surface area contributed by atoms with Gasteiger partial charge in [-0.2, -0.15) is 13.2 Å². The number of rotatable bonds is 2. The second-order valence-electron chi connectivity index (χ2n) is 4.03. The zero-order chi connectivity index (χ0) is 9.99. The fraction of sp³-hybridized carbons (Fsp3) is 1.00. The van der Waals surface area contributed by atoms with Crippen LogP contribution in [-0.4, -0.2) is 19.3 Å². The van der Waals surface area contributed by atoms with Gasteiger partial charge in [-0.15, -0.1) is 0 Å². The highest BCUT2D eigenvalue weighted by Crippen LogP contribution is 2.30. The van der Waals surface area contributed by atoms with E-state index in [0.29, 0.717) is 0 Å². The molecule has 0 aliphatic carbocycles. The second-order valence-corrected chi connectivity index (χ2v) is 4.03. The first-order chi connectivity index (χ1) is 5.17. The summed E-state index contributed by atoms with van der Waals surface area (Å²) in [7, 11) is 1.56. The van der Waals surface area contributed by atoms with Crippen molar-refractivity contribution in [2.24, 2.45) is 5.41 Å². The number of halogens is 3. The molecular weight excluding hydrogens is 167 g/mol. The van der Waals surface area contributed by atoms with Gasteiger partial charge < -0.3 is 5.32 Å². The predicted molar refractivity (Wildman–Crippen MR) is 43.0 cm³/mol. The molecule has 1 atom stereocenters. The molecule has 0 radical (unpaired) electrons. The molecule has 0 aromatic heterocycles. The minimum absolute atomic E-state index is 0.357. The van der Waals surface area contributed by atoms with Gasteiger partial charge in [-0.1, -0.05) is 20.8 Å². The van der Waals surface area contributed by atoms with Gasteiger partial charge in [-0.3, -0.25) is 0 Å². The maximum absolute atomic E-state index is 12.0. The van der Waals surface area contributed by atoms with E-state index in [9.17, 15) is 13.2 Å². The Labute approximate surface area is 71.3 Å². The van der Waals surface area contributed by atoms with E-state index in [4.69, 9.17) is 0 Å². The van der Waals surface area contributed by atoms with Crippen molar-refractivity contribution < 1.29 is 13.2 Å². The number of hydrogen-bond acceptors (Lipinski definition) is 1. The van der Waals surface area contributed by atoms with Crippen molar-refractivity contribution in [3.63, 3.8) is 0 Å². The zero-order valence-corrected chi connectivity index (χ0v) is 7.92. The molecule has 0 rings (SSSR count). The van der Waals surface area contributed by atoms with Crippen molar-refractivity contribution in [1.82, 2.24) is 5.32 Å². The molecule has 0 saturated carbocycles. The normalized spacial score (nSPS) is 16.2. The van der Waals surface area contributed by atoms with Crippen molar-refractivity contribution in [1.29, 1.82) is 0 Å². The molecule has 1 N–H and O–H groups in total. The molecule has 74 valence electrons. The second kappa shape index (κ2) is 3.64. The lowest BCUT2D eigenvalue weighted by atomic mass is 9.85. The van der Waals surface area contributed by atoms with Crippen LogP contribution >= 0.6 is 0 Å². The summed E-state index contributed by atoms with van der Waals surface area (Å²) in [5.41, 5.74) is -0.357. The molecule has 0 spiro atoms. The van der Waals surface area contributed by atoms with Crippen molar-refractivity contribution in [3.05, 3.63) is 0 Å². The van der Waals surface area contributed by atoms with Crippen LogP contribution in [0, 0.1) is 5.41 Å². The van der Waals surface area contributed by atoms with Crippen LogP contribution in [0.25, 0.3) is 0 Å². The fourth-order valence-electron chi connectivity index (χ4n) is 1.07. The Bertz CT molecular complexity index is 134. The molecule has 0 aliphatic heterocycles. The average Bonchev–Trinajstić information content (AvgIpc) is 1.78. The minimum Gasteiger partial charge on any atom is -0.316 e. The van der Waals surface area contributed by atoms with Crippen molar-refractivity contribution in [3.8, 4) is 0 Å². The Morgan fingerprint density at radius 3 is 1.67 bits per heavy atom. The van der Waals surface area contributed by atoms with Gasteiger partial charge in [0.25, 0.3) is 0 Å². The van der Waals surface area contributed by atoms with Crippen molar-refractivity contribution in [2.45, 2.75) is 39.4 Å². The maximum atomic E-state index is 12.0. The smallest absolute Gasteiger partial charge is 0.316 e. The van der Waals surface area contributed by atoms with Crippen LogP contribution in [-0.2, 0) is 0 Å². The third kappa shape index (κ3) is 4.59. The summed E-state index contributed by atoms with van der Waals surface area (Å²) in [6.45, 7) is 5.37. The Kier molecular flexibility index (Phi) is 3.57. The summed E-state index contributed by atoms with van der Waals surface area (Å²) in [4.78, 5) is 0. The molecule has 0 bridgehead atoms. The molecule has 4 heteroatoms. The van der Waals surface area contributed by atoms with Gasteiger partial charge in [-0.25, -0.2) is 0 Å².